The molecule has 0 saturated heterocycles. The van der Waals surface area contributed by atoms with Gasteiger partial charge in [0.1, 0.15) is 28.7 Å². The van der Waals surface area contributed by atoms with Crippen LogP contribution in [0.15, 0.2) is 61.5 Å². The molecule has 0 spiro atoms. The van der Waals surface area contributed by atoms with Gasteiger partial charge in [-0.2, -0.15) is 5.26 Å². The van der Waals surface area contributed by atoms with E-state index in [-0.39, 0.29) is 17.0 Å². The van der Waals surface area contributed by atoms with E-state index in [1.54, 1.807) is 43.3 Å². The van der Waals surface area contributed by atoms with E-state index in [9.17, 15) is 10.1 Å². The van der Waals surface area contributed by atoms with Crippen molar-refractivity contribution in [2.45, 2.75) is 12.8 Å². The van der Waals surface area contributed by atoms with Crippen LogP contribution in [0.3, 0.4) is 0 Å². The average molecular weight is 320 g/mol. The summed E-state index contributed by atoms with van der Waals surface area (Å²) in [6.45, 7) is 1.78. The molecule has 2 aromatic heterocycles. The highest BCUT2D eigenvalue weighted by molar-refractivity contribution is 5.85. The number of furan rings is 1. The Labute approximate surface area is 136 Å². The maximum atomic E-state index is 12.6. The van der Waals surface area contributed by atoms with E-state index in [1.165, 1.54) is 0 Å². The predicted molar refractivity (Wildman–Crippen MR) is 85.2 cm³/mol. The molecule has 6 heteroatoms. The fourth-order valence-corrected chi connectivity index (χ4v) is 2.96. The van der Waals surface area contributed by atoms with Crippen LogP contribution in [0.2, 0.25) is 0 Å². The lowest BCUT2D eigenvalue weighted by atomic mass is 9.87. The van der Waals surface area contributed by atoms with E-state index in [4.69, 9.17) is 19.3 Å². The molecule has 24 heavy (non-hydrogen) atoms. The quantitative estimate of drug-likeness (QED) is 0.692. The lowest BCUT2D eigenvalue weighted by Gasteiger charge is -2.24. The minimum Gasteiger partial charge on any atom is -0.465 e. The van der Waals surface area contributed by atoms with E-state index < -0.39 is 11.5 Å². The van der Waals surface area contributed by atoms with Gasteiger partial charge in [-0.3, -0.25) is 0 Å². The fraction of sp³-hybridized carbons (Fsp3) is 0.111. The Kier molecular flexibility index (Phi) is 2.97. The first kappa shape index (κ1) is 14.2. The van der Waals surface area contributed by atoms with Gasteiger partial charge in [-0.15, -0.1) is 0 Å². The summed E-state index contributed by atoms with van der Waals surface area (Å²) in [6.07, 6.45) is 0. The van der Waals surface area contributed by atoms with Gasteiger partial charge in [0.15, 0.2) is 5.75 Å². The molecule has 6 nitrogen and oxygen atoms in total. The van der Waals surface area contributed by atoms with Gasteiger partial charge in [-0.25, -0.2) is 4.79 Å². The number of benzene rings is 1. The van der Waals surface area contributed by atoms with Gasteiger partial charge in [0.05, 0.1) is 16.9 Å². The maximum absolute atomic E-state index is 12.6. The highest BCUT2D eigenvalue weighted by atomic mass is 16.5. The summed E-state index contributed by atoms with van der Waals surface area (Å²) in [5, 5.41) is 10.1. The molecule has 2 N–H and O–H groups in total. The summed E-state index contributed by atoms with van der Waals surface area (Å²) in [5.41, 5.74) is 6.09. The maximum Gasteiger partial charge on any atom is 0.344 e. The van der Waals surface area contributed by atoms with Gasteiger partial charge in [0, 0.05) is 0 Å². The van der Waals surface area contributed by atoms with Gasteiger partial charge in [-0.05, 0) is 31.2 Å². The topological polar surface area (TPSA) is 102 Å². The SMILES string of the molecule is Cc1ccc([C@H]2C(C#N)=C(N)Oc3c2c(=O)oc2ccccc32)o1. The predicted octanol–water partition coefficient (Wildman–Crippen LogP) is 2.91. The largest absolute Gasteiger partial charge is 0.465 e. The molecular formula is C18H12N2O4. The Hall–Kier alpha value is -3.46. The molecule has 1 aliphatic heterocycles. The van der Waals surface area contributed by atoms with Crippen molar-refractivity contribution in [2.24, 2.45) is 5.73 Å². The number of nitrogens with zero attached hydrogens (tertiary/aromatic N) is 1. The average Bonchev–Trinajstić information content (AvgIpc) is 3.00. The first-order chi connectivity index (χ1) is 11.6. The number of fused-ring (bicyclic) bond motifs is 3. The number of nitriles is 1. The Balaban J connectivity index is 2.10. The second-order valence-corrected chi connectivity index (χ2v) is 5.50. The molecule has 4 rings (SSSR count). The summed E-state index contributed by atoms with van der Waals surface area (Å²) in [6, 6.07) is 12.5. The van der Waals surface area contributed by atoms with E-state index in [1.807, 2.05) is 6.07 Å². The number of nitrogens with two attached hydrogens (primary N) is 1. The van der Waals surface area contributed by atoms with Crippen LogP contribution < -0.4 is 16.1 Å². The van der Waals surface area contributed by atoms with Crippen molar-refractivity contribution in [2.75, 3.05) is 0 Å². The van der Waals surface area contributed by atoms with E-state index >= 15 is 0 Å². The van der Waals surface area contributed by atoms with Crippen molar-refractivity contribution < 1.29 is 13.6 Å². The van der Waals surface area contributed by atoms with Crippen LogP contribution in [0.5, 0.6) is 5.75 Å². The highest BCUT2D eigenvalue weighted by Gasteiger charge is 2.37. The van der Waals surface area contributed by atoms with Crippen LogP contribution in [0, 0.1) is 18.3 Å². The second kappa shape index (κ2) is 5.03. The minimum atomic E-state index is -0.756. The number of allylic oxidation sites excluding steroid dienone is 1. The third kappa shape index (κ3) is 1.92. The third-order valence-corrected chi connectivity index (χ3v) is 4.02. The van der Waals surface area contributed by atoms with Gasteiger partial charge >= 0.3 is 5.63 Å². The Morgan fingerprint density at radius 2 is 1.96 bits per heavy atom. The van der Waals surface area contributed by atoms with Crippen molar-refractivity contribution >= 4 is 11.0 Å². The van der Waals surface area contributed by atoms with Crippen LogP contribution >= 0.6 is 0 Å². The molecule has 0 unspecified atom stereocenters. The zero-order chi connectivity index (χ0) is 16.8. The van der Waals surface area contributed by atoms with Crippen molar-refractivity contribution in [3.8, 4) is 11.8 Å². The summed E-state index contributed by atoms with van der Waals surface area (Å²) in [4.78, 5) is 12.6. The van der Waals surface area contributed by atoms with Gasteiger partial charge in [-0.1, -0.05) is 12.1 Å². The summed E-state index contributed by atoms with van der Waals surface area (Å²) >= 11 is 0. The molecule has 1 aliphatic rings. The number of ether oxygens (including phenoxy) is 1. The monoisotopic (exact) mass is 320 g/mol. The lowest BCUT2D eigenvalue weighted by molar-refractivity contribution is 0.375. The van der Waals surface area contributed by atoms with E-state index in [0.717, 1.165) is 0 Å². The molecule has 0 amide bonds. The highest BCUT2D eigenvalue weighted by Crippen LogP contribution is 2.43. The molecule has 118 valence electrons. The molecule has 3 heterocycles. The third-order valence-electron chi connectivity index (χ3n) is 4.02. The molecular weight excluding hydrogens is 308 g/mol. The zero-order valence-corrected chi connectivity index (χ0v) is 12.7. The number of rotatable bonds is 1. The lowest BCUT2D eigenvalue weighted by Crippen LogP contribution is -2.26. The number of para-hydroxylation sites is 1. The molecule has 0 aliphatic carbocycles. The van der Waals surface area contributed by atoms with Gasteiger partial charge in [0.25, 0.3) is 0 Å². The van der Waals surface area contributed by atoms with E-state index in [2.05, 4.69) is 0 Å². The Morgan fingerprint density at radius 3 is 2.67 bits per heavy atom. The van der Waals surface area contributed by atoms with Gasteiger partial charge in [0.2, 0.25) is 5.88 Å². The molecule has 3 aromatic rings. The van der Waals surface area contributed by atoms with Crippen LogP contribution in [0.25, 0.3) is 11.0 Å². The Bertz CT molecular complexity index is 1100. The molecule has 1 atom stereocenters. The summed E-state index contributed by atoms with van der Waals surface area (Å²) in [7, 11) is 0. The number of hydrogen-bond donors (Lipinski definition) is 1. The smallest absolute Gasteiger partial charge is 0.344 e. The van der Waals surface area contributed by atoms with Crippen LogP contribution in [0.1, 0.15) is 23.0 Å². The van der Waals surface area contributed by atoms with Crippen molar-refractivity contribution in [3.63, 3.8) is 0 Å². The molecule has 0 saturated carbocycles. The van der Waals surface area contributed by atoms with Crippen molar-refractivity contribution in [1.29, 1.82) is 5.26 Å². The first-order valence-electron chi connectivity index (χ1n) is 7.30. The summed E-state index contributed by atoms with van der Waals surface area (Å²) in [5.74, 6) is 0.615. The molecule has 0 fully saturated rings. The van der Waals surface area contributed by atoms with Gasteiger partial charge < -0.3 is 19.3 Å². The standard InChI is InChI=1S/C18H12N2O4/c1-9-6-7-13(22-9)14-11(8-19)17(20)24-16-10-4-2-3-5-12(10)23-18(21)15(14)16/h2-7,14H,20H2,1H3/t14-/m1/s1. The normalized spacial score (nSPS) is 16.6. The van der Waals surface area contributed by atoms with Crippen molar-refractivity contribution in [1.82, 2.24) is 0 Å². The van der Waals surface area contributed by atoms with E-state index in [0.29, 0.717) is 28.2 Å². The van der Waals surface area contributed by atoms with Crippen molar-refractivity contribution in [3.05, 3.63) is 75.4 Å². The molecule has 0 bridgehead atoms. The first-order valence-corrected chi connectivity index (χ1v) is 7.30. The van der Waals surface area contributed by atoms with Crippen LogP contribution in [-0.2, 0) is 0 Å². The fourth-order valence-electron chi connectivity index (χ4n) is 2.96. The summed E-state index contributed by atoms with van der Waals surface area (Å²) < 4.78 is 16.7. The molecule has 1 aromatic carbocycles. The zero-order valence-electron chi connectivity index (χ0n) is 12.7. The Morgan fingerprint density at radius 1 is 1.17 bits per heavy atom. The van der Waals surface area contributed by atoms with Crippen LogP contribution in [-0.4, -0.2) is 0 Å². The minimum absolute atomic E-state index is 0.0418. The second-order valence-electron chi connectivity index (χ2n) is 5.50. The van der Waals surface area contributed by atoms with Crippen LogP contribution in [0.4, 0.5) is 0 Å². The number of hydrogen-bond acceptors (Lipinski definition) is 6. The molecule has 0 radical (unpaired) electrons. The number of aryl methyl sites for hydroxylation is 1.